The highest BCUT2D eigenvalue weighted by atomic mass is 35.5. The number of hydrogen-bond acceptors (Lipinski definition) is 3. The largest absolute Gasteiger partial charge is 0.367 e. The van der Waals surface area contributed by atoms with E-state index in [1.54, 1.807) is 0 Å². The highest BCUT2D eigenvalue weighted by Gasteiger charge is 2.03. The molecule has 0 aliphatic rings. The van der Waals surface area contributed by atoms with Crippen molar-refractivity contribution in [1.29, 1.82) is 5.26 Å². The van der Waals surface area contributed by atoms with E-state index < -0.39 is 11.9 Å². The van der Waals surface area contributed by atoms with E-state index in [0.717, 1.165) is 0 Å². The number of hydrogen-bond donors (Lipinski definition) is 2. The lowest BCUT2D eigenvalue weighted by Crippen LogP contribution is -2.34. The zero-order valence-corrected chi connectivity index (χ0v) is 4.81. The van der Waals surface area contributed by atoms with Gasteiger partial charge in [0.2, 0.25) is 5.91 Å². The first-order valence-electron chi connectivity index (χ1n) is 1.63. The van der Waals surface area contributed by atoms with Crippen molar-refractivity contribution in [3.8, 4) is 6.07 Å². The third-order valence-corrected chi connectivity index (χ3v) is 0.446. The van der Waals surface area contributed by atoms with Gasteiger partial charge >= 0.3 is 0 Å². The van der Waals surface area contributed by atoms with Crippen molar-refractivity contribution in [2.75, 3.05) is 0 Å². The van der Waals surface area contributed by atoms with E-state index in [2.05, 4.69) is 5.73 Å². The molecule has 0 aliphatic heterocycles. The van der Waals surface area contributed by atoms with Crippen LogP contribution in [0.4, 0.5) is 0 Å². The van der Waals surface area contributed by atoms with E-state index in [0.29, 0.717) is 0 Å². The zero-order chi connectivity index (χ0) is 5.86. The summed E-state index contributed by atoms with van der Waals surface area (Å²) in [6.45, 7) is 0. The van der Waals surface area contributed by atoms with Crippen molar-refractivity contribution < 1.29 is 4.79 Å². The molecule has 0 aromatic carbocycles. The number of carbonyl (C=O) groups excluding carboxylic acids is 1. The Balaban J connectivity index is 0. The minimum absolute atomic E-state index is 0. The lowest BCUT2D eigenvalue weighted by Gasteiger charge is -1.88. The first kappa shape index (κ1) is 10.2. The van der Waals surface area contributed by atoms with Gasteiger partial charge in [0.05, 0.1) is 6.07 Å². The SMILES string of the molecule is Cl.N#C[C@H](N)C(N)=O. The van der Waals surface area contributed by atoms with Gasteiger partial charge in [0.1, 0.15) is 0 Å². The molecular weight excluding hydrogens is 130 g/mol. The molecule has 5 heteroatoms. The van der Waals surface area contributed by atoms with Crippen molar-refractivity contribution in [2.24, 2.45) is 11.5 Å². The first-order chi connectivity index (χ1) is 3.18. The monoisotopic (exact) mass is 135 g/mol. The predicted octanol–water partition coefficient (Wildman–Crippen LogP) is -1.26. The fourth-order valence-electron chi connectivity index (χ4n) is 0.0636. The van der Waals surface area contributed by atoms with Gasteiger partial charge in [-0.3, -0.25) is 4.79 Å². The van der Waals surface area contributed by atoms with Crippen molar-refractivity contribution in [3.05, 3.63) is 0 Å². The molecule has 0 saturated heterocycles. The Bertz CT molecular complexity index is 118. The lowest BCUT2D eigenvalue weighted by atomic mass is 10.3. The van der Waals surface area contributed by atoms with Crippen LogP contribution < -0.4 is 11.5 Å². The van der Waals surface area contributed by atoms with Crippen LogP contribution in [-0.2, 0) is 4.79 Å². The summed E-state index contributed by atoms with van der Waals surface area (Å²) in [7, 11) is 0. The first-order valence-corrected chi connectivity index (χ1v) is 1.63. The summed E-state index contributed by atoms with van der Waals surface area (Å²) in [5, 5.41) is 7.83. The molecule has 0 bridgehead atoms. The second-order valence-electron chi connectivity index (χ2n) is 1.01. The molecular formula is C3H6ClN3O. The van der Waals surface area contributed by atoms with Crippen molar-refractivity contribution in [1.82, 2.24) is 0 Å². The van der Waals surface area contributed by atoms with Crippen LogP contribution in [0.25, 0.3) is 0 Å². The van der Waals surface area contributed by atoms with Gasteiger partial charge in [0.15, 0.2) is 6.04 Å². The van der Waals surface area contributed by atoms with Gasteiger partial charge in [-0.1, -0.05) is 0 Å². The summed E-state index contributed by atoms with van der Waals surface area (Å²) in [6, 6.07) is 0.315. The Kier molecular flexibility index (Phi) is 5.60. The maximum Gasteiger partial charge on any atom is 0.249 e. The fraction of sp³-hybridized carbons (Fsp3) is 0.333. The average Bonchev–Trinajstić information content (AvgIpc) is 1.65. The van der Waals surface area contributed by atoms with Crippen molar-refractivity contribution in [2.45, 2.75) is 6.04 Å². The number of primary amides is 1. The maximum absolute atomic E-state index is 9.81. The molecule has 0 aliphatic carbocycles. The smallest absolute Gasteiger partial charge is 0.249 e. The van der Waals surface area contributed by atoms with Crippen LogP contribution in [0.15, 0.2) is 0 Å². The standard InChI is InChI=1S/C3H5N3O.ClH/c4-1-2(5)3(6)7;/h2H,5H2,(H2,6,7);1H/t2-;/m0./s1. The Labute approximate surface area is 52.9 Å². The highest BCUT2D eigenvalue weighted by molar-refractivity contribution is 5.85. The predicted molar refractivity (Wildman–Crippen MR) is 30.0 cm³/mol. The van der Waals surface area contributed by atoms with Crippen molar-refractivity contribution >= 4 is 18.3 Å². The summed E-state index contributed by atoms with van der Waals surface area (Å²) in [5.74, 6) is -0.789. The summed E-state index contributed by atoms with van der Waals surface area (Å²) >= 11 is 0. The fourth-order valence-corrected chi connectivity index (χ4v) is 0.0636. The van der Waals surface area contributed by atoms with E-state index in [9.17, 15) is 4.79 Å². The van der Waals surface area contributed by atoms with Gasteiger partial charge in [0.25, 0.3) is 0 Å². The summed E-state index contributed by atoms with van der Waals surface area (Å²) < 4.78 is 0. The van der Waals surface area contributed by atoms with Gasteiger partial charge in [0, 0.05) is 0 Å². The number of nitrogens with two attached hydrogens (primary N) is 2. The topological polar surface area (TPSA) is 92.9 Å². The summed E-state index contributed by atoms with van der Waals surface area (Å²) in [6.07, 6.45) is 0. The normalized spacial score (nSPS) is 10.5. The van der Waals surface area contributed by atoms with Crippen LogP contribution in [0.5, 0.6) is 0 Å². The van der Waals surface area contributed by atoms with Gasteiger partial charge < -0.3 is 11.5 Å². The molecule has 0 spiro atoms. The third kappa shape index (κ3) is 3.40. The molecule has 0 aromatic heterocycles. The van der Waals surface area contributed by atoms with E-state index >= 15 is 0 Å². The van der Waals surface area contributed by atoms with Crippen LogP contribution in [0.1, 0.15) is 0 Å². The van der Waals surface area contributed by atoms with Gasteiger partial charge in [-0.15, -0.1) is 12.4 Å². The molecule has 0 saturated carbocycles. The summed E-state index contributed by atoms with van der Waals surface area (Å²) in [5.41, 5.74) is 9.34. The number of halogens is 1. The number of rotatable bonds is 1. The van der Waals surface area contributed by atoms with Crippen LogP contribution >= 0.6 is 12.4 Å². The molecule has 1 amide bonds. The van der Waals surface area contributed by atoms with E-state index in [1.165, 1.54) is 6.07 Å². The number of carbonyl (C=O) groups is 1. The van der Waals surface area contributed by atoms with Crippen LogP contribution in [0.3, 0.4) is 0 Å². The summed E-state index contributed by atoms with van der Waals surface area (Å²) in [4.78, 5) is 9.81. The Morgan fingerprint density at radius 3 is 2.12 bits per heavy atom. The van der Waals surface area contributed by atoms with Crippen molar-refractivity contribution in [3.63, 3.8) is 0 Å². The van der Waals surface area contributed by atoms with E-state index in [4.69, 9.17) is 11.0 Å². The minimum Gasteiger partial charge on any atom is -0.367 e. The molecule has 0 unspecified atom stereocenters. The van der Waals surface area contributed by atoms with Crippen LogP contribution in [0.2, 0.25) is 0 Å². The van der Waals surface area contributed by atoms with Crippen LogP contribution in [0, 0.1) is 11.3 Å². The Morgan fingerprint density at radius 1 is 1.75 bits per heavy atom. The zero-order valence-electron chi connectivity index (χ0n) is 4.00. The number of amides is 1. The lowest BCUT2D eigenvalue weighted by molar-refractivity contribution is -0.118. The minimum atomic E-state index is -1.15. The Morgan fingerprint density at radius 2 is 2.12 bits per heavy atom. The molecule has 0 fully saturated rings. The molecule has 46 valence electrons. The number of nitriles is 1. The quantitative estimate of drug-likeness (QED) is 0.470. The van der Waals surface area contributed by atoms with Gasteiger partial charge in [-0.05, 0) is 0 Å². The maximum atomic E-state index is 9.81. The average molecular weight is 136 g/mol. The highest BCUT2D eigenvalue weighted by Crippen LogP contribution is 1.65. The van der Waals surface area contributed by atoms with Gasteiger partial charge in [-0.25, -0.2) is 0 Å². The molecule has 0 rings (SSSR count). The second-order valence-corrected chi connectivity index (χ2v) is 1.01. The molecule has 0 radical (unpaired) electrons. The second kappa shape index (κ2) is 4.37. The van der Waals surface area contributed by atoms with Gasteiger partial charge in [-0.2, -0.15) is 5.26 Å². The third-order valence-electron chi connectivity index (χ3n) is 0.446. The Hall–Kier alpha value is -0.790. The number of nitrogens with zero attached hydrogens (tertiary/aromatic N) is 1. The molecule has 0 heterocycles. The van der Waals surface area contributed by atoms with Crippen LogP contribution in [-0.4, -0.2) is 11.9 Å². The molecule has 1 atom stereocenters. The molecule has 4 N–H and O–H groups in total. The molecule has 8 heavy (non-hydrogen) atoms. The molecule has 0 aromatic rings. The van der Waals surface area contributed by atoms with E-state index in [-0.39, 0.29) is 12.4 Å². The van der Waals surface area contributed by atoms with E-state index in [1.807, 2.05) is 0 Å². The molecule has 4 nitrogen and oxygen atoms in total.